The summed E-state index contributed by atoms with van der Waals surface area (Å²) in [5.41, 5.74) is 0.575. The van der Waals surface area contributed by atoms with E-state index in [0.717, 1.165) is 25.5 Å². The lowest BCUT2D eigenvalue weighted by Gasteiger charge is -2.32. The molecule has 0 unspecified atom stereocenters. The van der Waals surface area contributed by atoms with Crippen molar-refractivity contribution in [1.29, 1.82) is 0 Å². The van der Waals surface area contributed by atoms with Crippen molar-refractivity contribution in [2.45, 2.75) is 12.5 Å². The van der Waals surface area contributed by atoms with Gasteiger partial charge in [-0.05, 0) is 18.6 Å². The smallest absolute Gasteiger partial charge is 0.163 e. The average molecular weight is 325 g/mol. The van der Waals surface area contributed by atoms with E-state index >= 15 is 0 Å². The highest BCUT2D eigenvalue weighted by Gasteiger charge is 2.25. The first-order chi connectivity index (χ1) is 10.6. The van der Waals surface area contributed by atoms with Gasteiger partial charge in [-0.15, -0.1) is 10.2 Å². The summed E-state index contributed by atoms with van der Waals surface area (Å²) >= 11 is 6.07. The van der Waals surface area contributed by atoms with E-state index in [2.05, 4.69) is 15.1 Å². The summed E-state index contributed by atoms with van der Waals surface area (Å²) in [7, 11) is 1.90. The van der Waals surface area contributed by atoms with Crippen LogP contribution in [0.25, 0.3) is 0 Å². The molecule has 1 aliphatic heterocycles. The molecule has 1 atom stereocenters. The zero-order valence-electron chi connectivity index (χ0n) is 12.4. The molecule has 2 aromatic rings. The average Bonchev–Trinajstić information content (AvgIpc) is 2.93. The summed E-state index contributed by atoms with van der Waals surface area (Å²) in [4.78, 5) is 2.24. The van der Waals surface area contributed by atoms with Gasteiger partial charge in [0, 0.05) is 37.3 Å². The Kier molecular flexibility index (Phi) is 4.71. The Morgan fingerprint density at radius 3 is 3.05 bits per heavy atom. The van der Waals surface area contributed by atoms with Gasteiger partial charge in [0.15, 0.2) is 5.82 Å². The molecular weight excluding hydrogens is 307 g/mol. The molecule has 7 heteroatoms. The van der Waals surface area contributed by atoms with Crippen molar-refractivity contribution in [3.05, 3.63) is 46.8 Å². The molecule has 1 aromatic carbocycles. The quantitative estimate of drug-likeness (QED) is 0.865. The molecule has 5 nitrogen and oxygen atoms in total. The van der Waals surface area contributed by atoms with Crippen LogP contribution in [0.2, 0.25) is 5.02 Å². The molecule has 0 radical (unpaired) electrons. The Hall–Kier alpha value is -1.50. The summed E-state index contributed by atoms with van der Waals surface area (Å²) in [6, 6.07) is 4.80. The fraction of sp³-hybridized carbons (Fsp3) is 0.467. The number of rotatable bonds is 4. The third-order valence-corrected chi connectivity index (χ3v) is 4.28. The highest BCUT2D eigenvalue weighted by atomic mass is 35.5. The predicted molar refractivity (Wildman–Crippen MR) is 81.3 cm³/mol. The van der Waals surface area contributed by atoms with E-state index in [9.17, 15) is 4.39 Å². The van der Waals surface area contributed by atoms with E-state index in [1.165, 1.54) is 6.07 Å². The highest BCUT2D eigenvalue weighted by Crippen LogP contribution is 2.22. The summed E-state index contributed by atoms with van der Waals surface area (Å²) in [6.07, 6.45) is 2.14. The monoisotopic (exact) mass is 324 g/mol. The van der Waals surface area contributed by atoms with E-state index in [1.54, 1.807) is 18.5 Å². The second-order valence-electron chi connectivity index (χ2n) is 5.41. The molecule has 1 saturated heterocycles. The number of aromatic nitrogens is 3. The van der Waals surface area contributed by atoms with Crippen LogP contribution in [0.3, 0.4) is 0 Å². The zero-order chi connectivity index (χ0) is 15.5. The highest BCUT2D eigenvalue weighted by molar-refractivity contribution is 6.31. The third kappa shape index (κ3) is 3.29. The zero-order valence-corrected chi connectivity index (χ0v) is 13.1. The van der Waals surface area contributed by atoms with E-state index in [4.69, 9.17) is 16.3 Å². The second kappa shape index (κ2) is 6.73. The molecule has 0 N–H and O–H groups in total. The first-order valence-corrected chi connectivity index (χ1v) is 7.63. The van der Waals surface area contributed by atoms with Crippen LogP contribution in [0.1, 0.15) is 17.5 Å². The first kappa shape index (κ1) is 15.4. The molecule has 0 spiro atoms. The molecule has 0 aliphatic carbocycles. The predicted octanol–water partition coefficient (Wildman–Crippen LogP) is 2.22. The number of benzene rings is 1. The molecule has 1 aliphatic rings. The largest absolute Gasteiger partial charge is 0.368 e. The molecule has 1 fully saturated rings. The molecule has 0 saturated carbocycles. The Balaban J connectivity index is 1.62. The van der Waals surface area contributed by atoms with E-state index < -0.39 is 0 Å². The van der Waals surface area contributed by atoms with Gasteiger partial charge in [-0.3, -0.25) is 4.90 Å². The van der Waals surface area contributed by atoms with Crippen LogP contribution < -0.4 is 0 Å². The van der Waals surface area contributed by atoms with E-state index in [1.807, 2.05) is 11.6 Å². The lowest BCUT2D eigenvalue weighted by atomic mass is 10.1. The summed E-state index contributed by atoms with van der Waals surface area (Å²) < 4.78 is 21.4. The number of halogens is 2. The van der Waals surface area contributed by atoms with Crippen molar-refractivity contribution in [2.75, 3.05) is 26.2 Å². The van der Waals surface area contributed by atoms with Crippen LogP contribution in [0.5, 0.6) is 0 Å². The van der Waals surface area contributed by atoms with Crippen LogP contribution >= 0.6 is 11.6 Å². The Bertz CT molecular complexity index is 628. The van der Waals surface area contributed by atoms with Gasteiger partial charge in [-0.25, -0.2) is 4.39 Å². The van der Waals surface area contributed by atoms with Crippen LogP contribution in [0.15, 0.2) is 24.5 Å². The number of morpholine rings is 1. The topological polar surface area (TPSA) is 43.2 Å². The minimum absolute atomic E-state index is 0.0997. The minimum atomic E-state index is -0.245. The Labute approximate surface area is 133 Å². The van der Waals surface area contributed by atoms with Gasteiger partial charge in [0.05, 0.1) is 6.61 Å². The van der Waals surface area contributed by atoms with Crippen molar-refractivity contribution in [3.8, 4) is 0 Å². The maximum atomic E-state index is 13.8. The van der Waals surface area contributed by atoms with Gasteiger partial charge in [-0.2, -0.15) is 0 Å². The molecule has 0 amide bonds. The number of aryl methyl sites for hydroxylation is 1. The van der Waals surface area contributed by atoms with Crippen LogP contribution in [-0.4, -0.2) is 45.9 Å². The van der Waals surface area contributed by atoms with E-state index in [-0.39, 0.29) is 11.9 Å². The molecular formula is C15H18ClFN4O. The molecule has 3 rings (SSSR count). The normalized spacial score (nSPS) is 19.5. The summed E-state index contributed by atoms with van der Waals surface area (Å²) in [6.45, 7) is 2.90. The number of hydrogen-bond donors (Lipinski definition) is 0. The SMILES string of the molecule is Cn1cnnc1[C@H]1CN(CCc2c(F)cccc2Cl)CCO1. The second-order valence-corrected chi connectivity index (χ2v) is 5.82. The maximum absolute atomic E-state index is 13.8. The Morgan fingerprint density at radius 1 is 1.45 bits per heavy atom. The summed E-state index contributed by atoms with van der Waals surface area (Å²) in [5, 5.41) is 8.47. The standard InChI is InChI=1S/C15H18ClFN4O/c1-20-10-18-19-15(20)14-9-21(7-8-22-14)6-5-11-12(16)3-2-4-13(11)17/h2-4,10,14H,5-9H2,1H3/t14-/m1/s1. The van der Waals surface area contributed by atoms with Gasteiger partial charge in [0.2, 0.25) is 0 Å². The van der Waals surface area contributed by atoms with Crippen LogP contribution in [0, 0.1) is 5.82 Å². The lowest BCUT2D eigenvalue weighted by Crippen LogP contribution is -2.40. The van der Waals surface area contributed by atoms with Gasteiger partial charge >= 0.3 is 0 Å². The fourth-order valence-corrected chi connectivity index (χ4v) is 2.94. The molecule has 0 bridgehead atoms. The molecule has 2 heterocycles. The molecule has 22 heavy (non-hydrogen) atoms. The lowest BCUT2D eigenvalue weighted by molar-refractivity contribution is -0.0353. The van der Waals surface area contributed by atoms with Crippen molar-refractivity contribution >= 4 is 11.6 Å². The molecule has 1 aromatic heterocycles. The molecule has 118 valence electrons. The Morgan fingerprint density at radius 2 is 2.32 bits per heavy atom. The van der Waals surface area contributed by atoms with Gasteiger partial charge in [0.1, 0.15) is 18.2 Å². The first-order valence-electron chi connectivity index (χ1n) is 7.26. The minimum Gasteiger partial charge on any atom is -0.368 e. The van der Waals surface area contributed by atoms with Crippen molar-refractivity contribution in [2.24, 2.45) is 7.05 Å². The fourth-order valence-electron chi connectivity index (χ4n) is 2.69. The number of nitrogens with zero attached hydrogens (tertiary/aromatic N) is 4. The van der Waals surface area contributed by atoms with Crippen molar-refractivity contribution in [1.82, 2.24) is 19.7 Å². The number of ether oxygens (including phenoxy) is 1. The summed E-state index contributed by atoms with van der Waals surface area (Å²) in [5.74, 6) is 0.569. The van der Waals surface area contributed by atoms with Crippen molar-refractivity contribution in [3.63, 3.8) is 0 Å². The van der Waals surface area contributed by atoms with E-state index in [0.29, 0.717) is 23.6 Å². The maximum Gasteiger partial charge on any atom is 0.163 e. The van der Waals surface area contributed by atoms with Crippen molar-refractivity contribution < 1.29 is 9.13 Å². The van der Waals surface area contributed by atoms with Gasteiger partial charge < -0.3 is 9.30 Å². The van der Waals surface area contributed by atoms with Gasteiger partial charge in [-0.1, -0.05) is 17.7 Å². The number of hydrogen-bond acceptors (Lipinski definition) is 4. The van der Waals surface area contributed by atoms with Gasteiger partial charge in [0.25, 0.3) is 0 Å². The van der Waals surface area contributed by atoms with Crippen LogP contribution in [-0.2, 0) is 18.2 Å². The third-order valence-electron chi connectivity index (χ3n) is 3.92. The van der Waals surface area contributed by atoms with Crippen LogP contribution in [0.4, 0.5) is 4.39 Å².